The lowest BCUT2D eigenvalue weighted by atomic mass is 9.90. The monoisotopic (exact) mass is 541 g/mol. The summed E-state index contributed by atoms with van der Waals surface area (Å²) in [6, 6.07) is 35.1. The molecular weight excluding hydrogens is 502 g/mol. The first-order valence-corrected chi connectivity index (χ1v) is 14.9. The first-order valence-electron chi connectivity index (χ1n) is 14.9. The zero-order chi connectivity index (χ0) is 27.7. The van der Waals surface area contributed by atoms with Crippen LogP contribution in [0.5, 0.6) is 0 Å². The number of benzene rings is 3. The van der Waals surface area contributed by atoms with Gasteiger partial charge in [0.15, 0.2) is 0 Å². The molecule has 5 heteroatoms. The zero-order valence-electron chi connectivity index (χ0n) is 23.7. The topological polar surface area (TPSA) is 53.1 Å². The van der Waals surface area contributed by atoms with E-state index < -0.39 is 0 Å². The van der Waals surface area contributed by atoms with Gasteiger partial charge in [0, 0.05) is 51.7 Å². The molecule has 6 rings (SSSR count). The Kier molecular flexibility index (Phi) is 9.08. The molecule has 1 aliphatic rings. The van der Waals surface area contributed by atoms with E-state index in [0.29, 0.717) is 6.04 Å². The van der Waals surface area contributed by atoms with Crippen molar-refractivity contribution in [2.45, 2.75) is 51.5 Å². The Morgan fingerprint density at radius 3 is 2.22 bits per heavy atom. The molecule has 1 unspecified atom stereocenters. The second kappa shape index (κ2) is 13.6. The fraction of sp³-hybridized carbons (Fsp3) is 0.278. The number of pyridine rings is 2. The maximum atomic E-state index is 4.83. The van der Waals surface area contributed by atoms with Gasteiger partial charge >= 0.3 is 0 Å². The predicted molar refractivity (Wildman–Crippen MR) is 167 cm³/mol. The quantitative estimate of drug-likeness (QED) is 0.175. The highest BCUT2D eigenvalue weighted by Gasteiger charge is 2.27. The van der Waals surface area contributed by atoms with Crippen molar-refractivity contribution in [1.29, 1.82) is 0 Å². The molecule has 0 saturated carbocycles. The smallest absolute Gasteiger partial charge is 0.0607 e. The number of nitrogens with zero attached hydrogens (tertiary/aromatic N) is 3. The molecule has 41 heavy (non-hydrogen) atoms. The molecule has 208 valence electrons. The molecule has 0 saturated heterocycles. The van der Waals surface area contributed by atoms with Gasteiger partial charge in [0.2, 0.25) is 0 Å². The number of fused-ring (bicyclic) bond motifs is 2. The summed E-state index contributed by atoms with van der Waals surface area (Å²) in [5.41, 5.74) is 7.69. The van der Waals surface area contributed by atoms with Crippen LogP contribution in [-0.4, -0.2) is 28.0 Å². The SMILES string of the molecule is c1ccc(CN(Cc2ccc(CNCCNCc3ccc4ccccc4c3)cc2)C2CCCc3cccnc32)nc1. The Bertz CT molecular complexity index is 1530. The van der Waals surface area contributed by atoms with Crippen LogP contribution >= 0.6 is 0 Å². The van der Waals surface area contributed by atoms with Crippen LogP contribution in [0.15, 0.2) is 109 Å². The molecule has 2 aromatic heterocycles. The molecule has 0 aliphatic heterocycles. The highest BCUT2D eigenvalue weighted by molar-refractivity contribution is 5.82. The summed E-state index contributed by atoms with van der Waals surface area (Å²) in [5, 5.41) is 9.74. The fourth-order valence-electron chi connectivity index (χ4n) is 5.90. The van der Waals surface area contributed by atoms with Gasteiger partial charge in [-0.15, -0.1) is 0 Å². The van der Waals surface area contributed by atoms with E-state index in [-0.39, 0.29) is 0 Å². The Morgan fingerprint density at radius 1 is 0.659 bits per heavy atom. The van der Waals surface area contributed by atoms with Gasteiger partial charge in [-0.3, -0.25) is 14.9 Å². The molecule has 2 heterocycles. The Morgan fingerprint density at radius 2 is 1.39 bits per heavy atom. The van der Waals surface area contributed by atoms with Crippen LogP contribution in [0.25, 0.3) is 10.8 Å². The fourth-order valence-corrected chi connectivity index (χ4v) is 5.90. The van der Waals surface area contributed by atoms with Crippen LogP contribution < -0.4 is 10.6 Å². The third-order valence-corrected chi connectivity index (χ3v) is 8.06. The van der Waals surface area contributed by atoms with Crippen molar-refractivity contribution in [1.82, 2.24) is 25.5 Å². The van der Waals surface area contributed by atoms with Crippen LogP contribution in [0.2, 0.25) is 0 Å². The van der Waals surface area contributed by atoms with E-state index in [1.807, 2.05) is 18.5 Å². The third-order valence-electron chi connectivity index (χ3n) is 8.06. The summed E-state index contributed by atoms with van der Waals surface area (Å²) in [7, 11) is 0. The molecule has 0 fully saturated rings. The molecule has 1 aliphatic carbocycles. The Hall–Kier alpha value is -3.90. The molecule has 5 aromatic rings. The molecule has 0 radical (unpaired) electrons. The van der Waals surface area contributed by atoms with Gasteiger partial charge in [-0.1, -0.05) is 72.8 Å². The molecule has 3 aromatic carbocycles. The normalized spacial score (nSPS) is 14.8. The number of hydrogen-bond acceptors (Lipinski definition) is 5. The molecule has 2 N–H and O–H groups in total. The number of rotatable bonds is 12. The van der Waals surface area contributed by atoms with Gasteiger partial charge in [-0.25, -0.2) is 0 Å². The van der Waals surface area contributed by atoms with Crippen molar-refractivity contribution < 1.29 is 0 Å². The van der Waals surface area contributed by atoms with Gasteiger partial charge in [0.05, 0.1) is 17.4 Å². The third kappa shape index (κ3) is 7.25. The second-order valence-corrected chi connectivity index (χ2v) is 11.0. The number of aromatic nitrogens is 2. The van der Waals surface area contributed by atoms with E-state index in [4.69, 9.17) is 4.98 Å². The predicted octanol–water partition coefficient (Wildman–Crippen LogP) is 6.59. The summed E-state index contributed by atoms with van der Waals surface area (Å²) in [5.74, 6) is 0. The van der Waals surface area contributed by atoms with Crippen molar-refractivity contribution in [2.24, 2.45) is 0 Å². The summed E-state index contributed by atoms with van der Waals surface area (Å²) in [4.78, 5) is 12.0. The van der Waals surface area contributed by atoms with Crippen LogP contribution in [-0.2, 0) is 32.6 Å². The largest absolute Gasteiger partial charge is 0.311 e. The minimum Gasteiger partial charge on any atom is -0.311 e. The van der Waals surface area contributed by atoms with Crippen molar-refractivity contribution >= 4 is 10.8 Å². The standard InChI is InChI=1S/C36H39N5/c1-2-8-33-23-30(17-18-31(33)7-1)25-38-22-21-37-24-28-13-15-29(16-14-28)26-41(27-34-11-3-4-19-39-34)35-12-5-9-32-10-6-20-40-36(32)35/h1-4,6-8,10-11,13-20,23,35,37-38H,5,9,12,21-22,24-27H2. The van der Waals surface area contributed by atoms with E-state index in [9.17, 15) is 0 Å². The second-order valence-electron chi connectivity index (χ2n) is 11.0. The average Bonchev–Trinajstić information content (AvgIpc) is 3.03. The first kappa shape index (κ1) is 27.3. The molecule has 5 nitrogen and oxygen atoms in total. The van der Waals surface area contributed by atoms with Gasteiger partial charge in [0.25, 0.3) is 0 Å². The molecule has 0 spiro atoms. The Labute approximate surface area is 243 Å². The van der Waals surface area contributed by atoms with Crippen LogP contribution in [0.3, 0.4) is 0 Å². The van der Waals surface area contributed by atoms with Gasteiger partial charge < -0.3 is 10.6 Å². The minimum atomic E-state index is 0.311. The first-order chi connectivity index (χ1) is 20.3. The average molecular weight is 542 g/mol. The zero-order valence-corrected chi connectivity index (χ0v) is 23.7. The molecule has 1 atom stereocenters. The van der Waals surface area contributed by atoms with E-state index in [2.05, 4.69) is 112 Å². The lowest BCUT2D eigenvalue weighted by Crippen LogP contribution is -2.31. The van der Waals surface area contributed by atoms with E-state index in [0.717, 1.165) is 57.8 Å². The molecular formula is C36H39N5. The molecule has 0 amide bonds. The number of nitrogens with one attached hydrogen (secondary N) is 2. The van der Waals surface area contributed by atoms with Crippen molar-refractivity contribution in [3.05, 3.63) is 143 Å². The summed E-state index contributed by atoms with van der Waals surface area (Å²) in [6.07, 6.45) is 7.29. The Balaban J connectivity index is 1.01. The lowest BCUT2D eigenvalue weighted by Gasteiger charge is -2.35. The number of aryl methyl sites for hydroxylation is 1. The van der Waals surface area contributed by atoms with Gasteiger partial charge in [-0.05, 0) is 76.6 Å². The van der Waals surface area contributed by atoms with Crippen LogP contribution in [0.4, 0.5) is 0 Å². The maximum absolute atomic E-state index is 4.83. The minimum absolute atomic E-state index is 0.311. The van der Waals surface area contributed by atoms with Crippen LogP contribution in [0, 0.1) is 0 Å². The van der Waals surface area contributed by atoms with E-state index in [1.54, 1.807) is 0 Å². The number of hydrogen-bond donors (Lipinski definition) is 2. The van der Waals surface area contributed by atoms with Crippen molar-refractivity contribution in [3.8, 4) is 0 Å². The highest BCUT2D eigenvalue weighted by atomic mass is 15.2. The lowest BCUT2D eigenvalue weighted by molar-refractivity contribution is 0.155. The van der Waals surface area contributed by atoms with Gasteiger partial charge in [-0.2, -0.15) is 0 Å². The van der Waals surface area contributed by atoms with Gasteiger partial charge in [0.1, 0.15) is 0 Å². The van der Waals surface area contributed by atoms with E-state index >= 15 is 0 Å². The summed E-state index contributed by atoms with van der Waals surface area (Å²) >= 11 is 0. The summed E-state index contributed by atoms with van der Waals surface area (Å²) in [6.45, 7) is 5.32. The van der Waals surface area contributed by atoms with Crippen LogP contribution in [0.1, 0.15) is 52.5 Å². The van der Waals surface area contributed by atoms with Crippen molar-refractivity contribution in [3.63, 3.8) is 0 Å². The highest BCUT2D eigenvalue weighted by Crippen LogP contribution is 2.34. The molecule has 0 bridgehead atoms. The maximum Gasteiger partial charge on any atom is 0.0607 e. The van der Waals surface area contributed by atoms with E-state index in [1.165, 1.54) is 45.1 Å². The summed E-state index contributed by atoms with van der Waals surface area (Å²) < 4.78 is 0. The van der Waals surface area contributed by atoms with Crippen molar-refractivity contribution in [2.75, 3.05) is 13.1 Å².